The first-order chi connectivity index (χ1) is 7.92. The molecule has 1 unspecified atom stereocenters. The van der Waals surface area contributed by atoms with Gasteiger partial charge in [-0.15, -0.1) is 0 Å². The van der Waals surface area contributed by atoms with E-state index in [1.807, 2.05) is 6.92 Å². The lowest BCUT2D eigenvalue weighted by Crippen LogP contribution is -2.32. The highest BCUT2D eigenvalue weighted by Gasteiger charge is 2.28. The van der Waals surface area contributed by atoms with E-state index in [0.717, 1.165) is 5.69 Å². The number of rotatable bonds is 5. The van der Waals surface area contributed by atoms with Crippen LogP contribution in [0.15, 0.2) is 18.3 Å². The molecule has 7 heteroatoms. The van der Waals surface area contributed by atoms with E-state index in [0.29, 0.717) is 5.56 Å². The van der Waals surface area contributed by atoms with E-state index < -0.39 is 18.8 Å². The number of halogens is 3. The molecule has 1 rings (SSSR count). The highest BCUT2D eigenvalue weighted by molar-refractivity contribution is 5.17. The van der Waals surface area contributed by atoms with Gasteiger partial charge in [0.2, 0.25) is 0 Å². The summed E-state index contributed by atoms with van der Waals surface area (Å²) in [5, 5.41) is 0. The Kier molecular flexibility index (Phi) is 4.86. The Balaban J connectivity index is 2.51. The fourth-order valence-electron chi connectivity index (χ4n) is 1.22. The minimum absolute atomic E-state index is 0.166. The van der Waals surface area contributed by atoms with Gasteiger partial charge >= 0.3 is 6.18 Å². The number of nitrogens with one attached hydrogen (secondary N) is 1. The van der Waals surface area contributed by atoms with Gasteiger partial charge in [-0.3, -0.25) is 16.3 Å². The third-order valence-electron chi connectivity index (χ3n) is 2.09. The monoisotopic (exact) mass is 249 g/mol. The molecule has 0 spiro atoms. The van der Waals surface area contributed by atoms with E-state index >= 15 is 0 Å². The second-order valence-corrected chi connectivity index (χ2v) is 3.58. The van der Waals surface area contributed by atoms with Crippen LogP contribution in [0.3, 0.4) is 0 Å². The summed E-state index contributed by atoms with van der Waals surface area (Å²) >= 11 is 0. The predicted octanol–water partition coefficient (Wildman–Crippen LogP) is 1.47. The molecule has 1 atom stereocenters. The van der Waals surface area contributed by atoms with Crippen molar-refractivity contribution in [3.63, 3.8) is 0 Å². The van der Waals surface area contributed by atoms with E-state index in [2.05, 4.69) is 15.1 Å². The van der Waals surface area contributed by atoms with Gasteiger partial charge in [-0.1, -0.05) is 6.07 Å². The fourth-order valence-corrected chi connectivity index (χ4v) is 1.22. The van der Waals surface area contributed by atoms with Gasteiger partial charge in [0, 0.05) is 11.9 Å². The Hall–Kier alpha value is -1.18. The summed E-state index contributed by atoms with van der Waals surface area (Å²) in [5.74, 6) is 5.25. The van der Waals surface area contributed by atoms with Crippen molar-refractivity contribution >= 4 is 0 Å². The van der Waals surface area contributed by atoms with Crippen LogP contribution in [0.4, 0.5) is 13.2 Å². The smallest absolute Gasteiger partial charge is 0.370 e. The number of aryl methyl sites for hydroxylation is 1. The van der Waals surface area contributed by atoms with Crippen LogP contribution in [-0.4, -0.2) is 24.4 Å². The highest BCUT2D eigenvalue weighted by Crippen LogP contribution is 2.17. The zero-order valence-corrected chi connectivity index (χ0v) is 9.29. The largest absolute Gasteiger partial charge is 0.411 e. The molecule has 3 N–H and O–H groups in total. The van der Waals surface area contributed by atoms with Gasteiger partial charge in [0.1, 0.15) is 6.61 Å². The Bertz CT molecular complexity index is 340. The maximum Gasteiger partial charge on any atom is 0.411 e. The van der Waals surface area contributed by atoms with Crippen molar-refractivity contribution in [1.29, 1.82) is 0 Å². The molecule has 17 heavy (non-hydrogen) atoms. The Morgan fingerprint density at radius 1 is 1.47 bits per heavy atom. The topological polar surface area (TPSA) is 60.2 Å². The number of nitrogens with two attached hydrogens (primary N) is 1. The molecule has 0 aliphatic heterocycles. The van der Waals surface area contributed by atoms with Crippen molar-refractivity contribution in [3.05, 3.63) is 29.6 Å². The normalized spacial score (nSPS) is 13.7. The number of hydrazine groups is 1. The molecule has 0 aliphatic carbocycles. The van der Waals surface area contributed by atoms with Crippen LogP contribution in [0.1, 0.15) is 17.3 Å². The second-order valence-electron chi connectivity index (χ2n) is 3.58. The van der Waals surface area contributed by atoms with E-state index in [9.17, 15) is 13.2 Å². The number of hydrogen-bond acceptors (Lipinski definition) is 4. The van der Waals surface area contributed by atoms with Crippen molar-refractivity contribution in [2.24, 2.45) is 5.84 Å². The first-order valence-electron chi connectivity index (χ1n) is 4.95. The van der Waals surface area contributed by atoms with Crippen LogP contribution in [-0.2, 0) is 4.74 Å². The summed E-state index contributed by atoms with van der Waals surface area (Å²) in [6.07, 6.45) is -2.78. The minimum Gasteiger partial charge on any atom is -0.370 e. The van der Waals surface area contributed by atoms with Crippen LogP contribution < -0.4 is 11.3 Å². The van der Waals surface area contributed by atoms with E-state index in [1.54, 1.807) is 18.3 Å². The average molecular weight is 249 g/mol. The highest BCUT2D eigenvalue weighted by atomic mass is 19.4. The summed E-state index contributed by atoms with van der Waals surface area (Å²) < 4.78 is 40.2. The van der Waals surface area contributed by atoms with Crippen LogP contribution in [0.5, 0.6) is 0 Å². The number of hydrogen-bond donors (Lipinski definition) is 2. The molecule has 4 nitrogen and oxygen atoms in total. The van der Waals surface area contributed by atoms with Crippen molar-refractivity contribution in [2.75, 3.05) is 13.2 Å². The molecule has 96 valence electrons. The van der Waals surface area contributed by atoms with Gasteiger partial charge in [-0.05, 0) is 18.6 Å². The molecule has 0 saturated heterocycles. The lowest BCUT2D eigenvalue weighted by Gasteiger charge is -2.17. The summed E-state index contributed by atoms with van der Waals surface area (Å²) in [6, 6.07) is 2.98. The molecule has 1 aromatic rings. The van der Waals surface area contributed by atoms with Crippen molar-refractivity contribution in [2.45, 2.75) is 19.1 Å². The molecule has 0 radical (unpaired) electrons. The number of ether oxygens (including phenoxy) is 1. The fraction of sp³-hybridized carbons (Fsp3) is 0.500. The van der Waals surface area contributed by atoms with Crippen molar-refractivity contribution < 1.29 is 17.9 Å². The summed E-state index contributed by atoms with van der Waals surface area (Å²) in [5.41, 5.74) is 3.89. The van der Waals surface area contributed by atoms with E-state index in [-0.39, 0.29) is 6.61 Å². The lowest BCUT2D eigenvalue weighted by atomic mass is 10.1. The molecule has 0 fully saturated rings. The van der Waals surface area contributed by atoms with Crippen LogP contribution in [0, 0.1) is 6.92 Å². The Labute approximate surface area is 96.9 Å². The molecular formula is C10H14F3N3O. The SMILES string of the molecule is Cc1ccc(C(COCC(F)(F)F)NN)cn1. The number of alkyl halides is 3. The molecule has 0 aliphatic rings. The summed E-state index contributed by atoms with van der Waals surface area (Å²) in [7, 11) is 0. The van der Waals surface area contributed by atoms with Crippen LogP contribution >= 0.6 is 0 Å². The van der Waals surface area contributed by atoms with Gasteiger partial charge in [0.25, 0.3) is 0 Å². The molecule has 0 amide bonds. The molecule has 0 aromatic carbocycles. The molecule has 0 saturated carbocycles. The van der Waals surface area contributed by atoms with Gasteiger partial charge in [0.05, 0.1) is 12.6 Å². The predicted molar refractivity (Wildman–Crippen MR) is 55.9 cm³/mol. The minimum atomic E-state index is -4.33. The van der Waals surface area contributed by atoms with Gasteiger partial charge in [-0.2, -0.15) is 13.2 Å². The molecule has 1 aromatic heterocycles. The quantitative estimate of drug-likeness (QED) is 0.613. The number of pyridine rings is 1. The van der Waals surface area contributed by atoms with Crippen molar-refractivity contribution in [3.8, 4) is 0 Å². The average Bonchev–Trinajstić information content (AvgIpc) is 2.24. The standard InChI is InChI=1S/C10H14F3N3O/c1-7-2-3-8(4-15-7)9(16-14)5-17-6-10(11,12)13/h2-4,9,16H,5-6,14H2,1H3. The summed E-state index contributed by atoms with van der Waals surface area (Å²) in [4.78, 5) is 4.03. The van der Waals surface area contributed by atoms with Gasteiger partial charge in [-0.25, -0.2) is 0 Å². The lowest BCUT2D eigenvalue weighted by molar-refractivity contribution is -0.175. The number of nitrogens with zero attached hydrogens (tertiary/aromatic N) is 1. The van der Waals surface area contributed by atoms with Crippen LogP contribution in [0.2, 0.25) is 0 Å². The Morgan fingerprint density at radius 3 is 2.65 bits per heavy atom. The molecule has 0 bridgehead atoms. The first-order valence-corrected chi connectivity index (χ1v) is 4.95. The maximum atomic E-state index is 11.9. The van der Waals surface area contributed by atoms with Gasteiger partial charge < -0.3 is 4.74 Å². The van der Waals surface area contributed by atoms with E-state index in [4.69, 9.17) is 5.84 Å². The zero-order valence-electron chi connectivity index (χ0n) is 9.29. The number of aromatic nitrogens is 1. The van der Waals surface area contributed by atoms with Crippen LogP contribution in [0.25, 0.3) is 0 Å². The molecular weight excluding hydrogens is 235 g/mol. The second kappa shape index (κ2) is 5.95. The van der Waals surface area contributed by atoms with Crippen molar-refractivity contribution in [1.82, 2.24) is 10.4 Å². The summed E-state index contributed by atoms with van der Waals surface area (Å²) in [6.45, 7) is 0.361. The van der Waals surface area contributed by atoms with E-state index in [1.165, 1.54) is 0 Å². The third-order valence-corrected chi connectivity index (χ3v) is 2.09. The zero-order chi connectivity index (χ0) is 12.9. The maximum absolute atomic E-state index is 11.9. The third kappa shape index (κ3) is 5.12. The molecule has 1 heterocycles. The van der Waals surface area contributed by atoms with Gasteiger partial charge in [0.15, 0.2) is 0 Å². The Morgan fingerprint density at radius 2 is 2.18 bits per heavy atom. The first kappa shape index (κ1) is 13.9.